The van der Waals surface area contributed by atoms with Crippen molar-refractivity contribution in [1.82, 2.24) is 0 Å². The van der Waals surface area contributed by atoms with Crippen LogP contribution in [0, 0.1) is 0 Å². The number of aliphatic carboxylic acids is 1. The summed E-state index contributed by atoms with van der Waals surface area (Å²) in [5.41, 5.74) is -1.81. The number of carboxylic acids is 1. The Kier molecular flexibility index (Phi) is 3.81. The maximum absolute atomic E-state index is 12.5. The first-order chi connectivity index (χ1) is 5.70. The van der Waals surface area contributed by atoms with E-state index in [9.17, 15) is 9.18 Å². The second-order valence-corrected chi connectivity index (χ2v) is 3.70. The number of alkyl halides is 1. The van der Waals surface area contributed by atoms with E-state index in [4.69, 9.17) is 9.84 Å². The number of carboxylic acid groups (broad SMARTS) is 1. The smallest absolute Gasteiger partial charge is 0.348 e. The third-order valence-electron chi connectivity index (χ3n) is 1.65. The van der Waals surface area contributed by atoms with Gasteiger partial charge in [0.15, 0.2) is 0 Å². The third-order valence-corrected chi connectivity index (χ3v) is 2.71. The molecular formula is C7H11FO3S. The van der Waals surface area contributed by atoms with Gasteiger partial charge in [-0.2, -0.15) is 0 Å². The standard InChI is InChI=1S/C7H11FO3S/c8-6(7(9)10)12-4-5-2-1-3-11-5/h5-6H,1-4H2,(H,9,10). The maximum Gasteiger partial charge on any atom is 0.348 e. The summed E-state index contributed by atoms with van der Waals surface area (Å²) in [6.07, 6.45) is 1.96. The molecule has 0 spiro atoms. The minimum absolute atomic E-state index is 0.0487. The van der Waals surface area contributed by atoms with Crippen molar-refractivity contribution in [2.45, 2.75) is 24.4 Å². The zero-order chi connectivity index (χ0) is 8.97. The van der Waals surface area contributed by atoms with Crippen LogP contribution in [0.2, 0.25) is 0 Å². The van der Waals surface area contributed by atoms with Gasteiger partial charge in [0.25, 0.3) is 0 Å². The van der Waals surface area contributed by atoms with E-state index in [1.54, 1.807) is 0 Å². The van der Waals surface area contributed by atoms with E-state index in [1.807, 2.05) is 0 Å². The molecule has 5 heteroatoms. The van der Waals surface area contributed by atoms with Crippen molar-refractivity contribution in [3.8, 4) is 0 Å². The molecule has 0 aromatic carbocycles. The summed E-state index contributed by atoms with van der Waals surface area (Å²) in [5, 5.41) is 8.22. The monoisotopic (exact) mass is 194 g/mol. The molecule has 0 aromatic rings. The van der Waals surface area contributed by atoms with Gasteiger partial charge in [-0.25, -0.2) is 9.18 Å². The van der Waals surface area contributed by atoms with Gasteiger partial charge in [-0.15, -0.1) is 11.8 Å². The van der Waals surface area contributed by atoms with Gasteiger partial charge in [-0.1, -0.05) is 0 Å². The summed E-state index contributed by atoms with van der Waals surface area (Å²) in [5.74, 6) is -0.967. The van der Waals surface area contributed by atoms with Crippen molar-refractivity contribution in [2.24, 2.45) is 0 Å². The molecule has 12 heavy (non-hydrogen) atoms. The van der Waals surface area contributed by atoms with Gasteiger partial charge in [0, 0.05) is 12.4 Å². The van der Waals surface area contributed by atoms with Gasteiger partial charge in [0.05, 0.1) is 6.10 Å². The van der Waals surface area contributed by atoms with Gasteiger partial charge in [0.1, 0.15) is 0 Å². The molecule has 0 bridgehead atoms. The van der Waals surface area contributed by atoms with Crippen LogP contribution in [0.25, 0.3) is 0 Å². The normalized spacial score (nSPS) is 25.6. The molecule has 0 aromatic heterocycles. The number of rotatable bonds is 4. The lowest BCUT2D eigenvalue weighted by molar-refractivity contribution is -0.139. The lowest BCUT2D eigenvalue weighted by Crippen LogP contribution is -2.15. The second kappa shape index (κ2) is 4.67. The molecular weight excluding hydrogens is 183 g/mol. The molecule has 1 aliphatic rings. The molecule has 0 saturated carbocycles. The van der Waals surface area contributed by atoms with Crippen molar-refractivity contribution in [2.75, 3.05) is 12.4 Å². The fourth-order valence-electron chi connectivity index (χ4n) is 1.04. The zero-order valence-electron chi connectivity index (χ0n) is 6.53. The number of halogens is 1. The Morgan fingerprint density at radius 2 is 2.58 bits per heavy atom. The summed E-state index contributed by atoms with van der Waals surface area (Å²) < 4.78 is 17.7. The van der Waals surface area contributed by atoms with E-state index >= 15 is 0 Å². The quantitative estimate of drug-likeness (QED) is 0.732. The number of hydrogen-bond acceptors (Lipinski definition) is 3. The molecule has 1 aliphatic heterocycles. The highest BCUT2D eigenvalue weighted by atomic mass is 32.2. The highest BCUT2D eigenvalue weighted by molar-refractivity contribution is 8.00. The molecule has 0 aliphatic carbocycles. The number of carbonyl (C=O) groups is 1. The first kappa shape index (κ1) is 9.80. The first-order valence-corrected chi connectivity index (χ1v) is 4.85. The zero-order valence-corrected chi connectivity index (χ0v) is 7.35. The molecule has 1 heterocycles. The largest absolute Gasteiger partial charge is 0.478 e. The van der Waals surface area contributed by atoms with E-state index in [1.165, 1.54) is 0 Å². The van der Waals surface area contributed by atoms with Gasteiger partial charge < -0.3 is 9.84 Å². The lowest BCUT2D eigenvalue weighted by Gasteiger charge is -2.08. The fraction of sp³-hybridized carbons (Fsp3) is 0.857. The lowest BCUT2D eigenvalue weighted by atomic mass is 10.3. The van der Waals surface area contributed by atoms with Crippen LogP contribution in [0.15, 0.2) is 0 Å². The Hall–Kier alpha value is -0.290. The van der Waals surface area contributed by atoms with Crippen LogP contribution in [0.1, 0.15) is 12.8 Å². The number of ether oxygens (including phenoxy) is 1. The van der Waals surface area contributed by atoms with Gasteiger partial charge >= 0.3 is 5.97 Å². The summed E-state index contributed by atoms with van der Waals surface area (Å²) in [4.78, 5) is 10.1. The predicted octanol–water partition coefficient (Wildman–Crippen LogP) is 1.28. The van der Waals surface area contributed by atoms with E-state index in [-0.39, 0.29) is 6.10 Å². The van der Waals surface area contributed by atoms with Crippen molar-refractivity contribution < 1.29 is 19.0 Å². The van der Waals surface area contributed by atoms with Gasteiger partial charge in [0.2, 0.25) is 5.50 Å². The van der Waals surface area contributed by atoms with E-state index in [0.717, 1.165) is 31.2 Å². The van der Waals surface area contributed by atoms with Gasteiger partial charge in [-0.3, -0.25) is 0 Å². The Morgan fingerprint density at radius 1 is 1.83 bits per heavy atom. The maximum atomic E-state index is 12.5. The Labute approximate surface area is 74.3 Å². The SMILES string of the molecule is O=C(O)C(F)SCC1CCCO1. The molecule has 0 amide bonds. The Bertz CT molecular complexity index is 159. The van der Waals surface area contributed by atoms with E-state index < -0.39 is 11.5 Å². The van der Waals surface area contributed by atoms with Crippen molar-refractivity contribution >= 4 is 17.7 Å². The minimum Gasteiger partial charge on any atom is -0.478 e. The molecule has 70 valence electrons. The van der Waals surface area contributed by atoms with Crippen molar-refractivity contribution in [3.63, 3.8) is 0 Å². The summed E-state index contributed by atoms with van der Waals surface area (Å²) in [6.45, 7) is 0.718. The summed E-state index contributed by atoms with van der Waals surface area (Å²) in [7, 11) is 0. The highest BCUT2D eigenvalue weighted by Gasteiger charge is 2.21. The summed E-state index contributed by atoms with van der Waals surface area (Å²) >= 11 is 0.791. The van der Waals surface area contributed by atoms with Crippen LogP contribution in [0.5, 0.6) is 0 Å². The van der Waals surface area contributed by atoms with E-state index in [0.29, 0.717) is 5.75 Å². The van der Waals surface area contributed by atoms with E-state index in [2.05, 4.69) is 0 Å². The highest BCUT2D eigenvalue weighted by Crippen LogP contribution is 2.20. The predicted molar refractivity (Wildman–Crippen MR) is 44.0 cm³/mol. The molecule has 0 radical (unpaired) electrons. The number of hydrogen-bond donors (Lipinski definition) is 1. The van der Waals surface area contributed by atoms with Crippen LogP contribution < -0.4 is 0 Å². The van der Waals surface area contributed by atoms with Crippen LogP contribution in [-0.2, 0) is 9.53 Å². The van der Waals surface area contributed by atoms with Crippen LogP contribution in [0.4, 0.5) is 4.39 Å². The Morgan fingerprint density at radius 3 is 3.08 bits per heavy atom. The van der Waals surface area contributed by atoms with Crippen LogP contribution in [0.3, 0.4) is 0 Å². The molecule has 1 saturated heterocycles. The van der Waals surface area contributed by atoms with Crippen molar-refractivity contribution in [1.29, 1.82) is 0 Å². The topological polar surface area (TPSA) is 46.5 Å². The Balaban J connectivity index is 2.11. The van der Waals surface area contributed by atoms with Crippen LogP contribution >= 0.6 is 11.8 Å². The number of thioether (sulfide) groups is 1. The average molecular weight is 194 g/mol. The average Bonchev–Trinajstić information content (AvgIpc) is 2.51. The van der Waals surface area contributed by atoms with Gasteiger partial charge in [-0.05, 0) is 12.8 Å². The summed E-state index contributed by atoms with van der Waals surface area (Å²) in [6, 6.07) is 0. The molecule has 2 atom stereocenters. The fourth-order valence-corrected chi connectivity index (χ4v) is 1.83. The second-order valence-electron chi connectivity index (χ2n) is 2.62. The molecule has 1 N–H and O–H groups in total. The third kappa shape index (κ3) is 2.98. The molecule has 1 fully saturated rings. The first-order valence-electron chi connectivity index (χ1n) is 3.80. The minimum atomic E-state index is -1.81. The van der Waals surface area contributed by atoms with Crippen molar-refractivity contribution in [3.05, 3.63) is 0 Å². The molecule has 3 nitrogen and oxygen atoms in total. The molecule has 2 unspecified atom stereocenters. The molecule has 1 rings (SSSR count). The van der Waals surface area contributed by atoms with Crippen LogP contribution in [-0.4, -0.2) is 35.0 Å².